The summed E-state index contributed by atoms with van der Waals surface area (Å²) in [5, 5.41) is 13.1. The number of pyridine rings is 2. The molecular formula is C31H28FN7O3. The molecule has 11 heteroatoms. The Labute approximate surface area is 240 Å². The number of benzene rings is 2. The smallest absolute Gasteiger partial charge is 0.330 e. The van der Waals surface area contributed by atoms with Gasteiger partial charge in [0, 0.05) is 36.5 Å². The number of rotatable bonds is 7. The van der Waals surface area contributed by atoms with E-state index in [1.165, 1.54) is 22.9 Å². The van der Waals surface area contributed by atoms with Gasteiger partial charge in [-0.1, -0.05) is 17.3 Å². The molecule has 1 fully saturated rings. The second kappa shape index (κ2) is 11.8. The Morgan fingerprint density at radius 2 is 2.05 bits per heavy atom. The third-order valence-electron chi connectivity index (χ3n) is 7.19. The van der Waals surface area contributed by atoms with Crippen molar-refractivity contribution in [1.29, 1.82) is 0 Å². The third-order valence-corrected chi connectivity index (χ3v) is 7.19. The number of carbonyl (C=O) groups is 2. The van der Waals surface area contributed by atoms with Crippen LogP contribution in [0.25, 0.3) is 33.7 Å². The average Bonchev–Trinajstić information content (AvgIpc) is 3.45. The van der Waals surface area contributed by atoms with Crippen LogP contribution in [0.2, 0.25) is 0 Å². The van der Waals surface area contributed by atoms with Crippen LogP contribution in [-0.2, 0) is 9.53 Å². The summed E-state index contributed by atoms with van der Waals surface area (Å²) in [7, 11) is 0. The molecule has 2 aromatic carbocycles. The van der Waals surface area contributed by atoms with Gasteiger partial charge < -0.3 is 10.1 Å². The van der Waals surface area contributed by atoms with Gasteiger partial charge in [0.15, 0.2) is 5.65 Å². The molecule has 1 aliphatic heterocycles. The lowest BCUT2D eigenvalue weighted by Gasteiger charge is -2.34. The van der Waals surface area contributed by atoms with Crippen molar-refractivity contribution in [3.05, 3.63) is 90.0 Å². The van der Waals surface area contributed by atoms with E-state index in [4.69, 9.17) is 4.74 Å². The molecule has 1 aliphatic rings. The lowest BCUT2D eigenvalue weighted by molar-refractivity contribution is -0.137. The van der Waals surface area contributed by atoms with E-state index in [1.807, 2.05) is 24.3 Å². The molecule has 1 amide bonds. The average molecular weight is 566 g/mol. The van der Waals surface area contributed by atoms with Gasteiger partial charge in [0.1, 0.15) is 17.2 Å². The van der Waals surface area contributed by atoms with Crippen molar-refractivity contribution in [3.63, 3.8) is 0 Å². The van der Waals surface area contributed by atoms with Crippen molar-refractivity contribution in [2.45, 2.75) is 25.8 Å². The monoisotopic (exact) mass is 565 g/mol. The van der Waals surface area contributed by atoms with Crippen LogP contribution in [0.4, 0.5) is 10.2 Å². The van der Waals surface area contributed by atoms with Crippen LogP contribution in [-0.4, -0.2) is 62.6 Å². The van der Waals surface area contributed by atoms with Crippen LogP contribution < -0.4 is 10.2 Å². The first-order chi connectivity index (χ1) is 20.5. The molecule has 3 aromatic heterocycles. The van der Waals surface area contributed by atoms with Crippen molar-refractivity contribution in [1.82, 2.24) is 30.3 Å². The summed E-state index contributed by atoms with van der Waals surface area (Å²) in [6.45, 7) is 3.45. The minimum Gasteiger partial charge on any atom is -0.463 e. The summed E-state index contributed by atoms with van der Waals surface area (Å²) >= 11 is 0. The summed E-state index contributed by atoms with van der Waals surface area (Å²) in [4.78, 5) is 36.4. The van der Waals surface area contributed by atoms with Crippen LogP contribution in [0, 0.1) is 5.82 Å². The van der Waals surface area contributed by atoms with Crippen LogP contribution in [0.3, 0.4) is 0 Å². The highest BCUT2D eigenvalue weighted by atomic mass is 19.1. The molecule has 4 heterocycles. The Kier molecular flexibility index (Phi) is 7.65. The predicted molar refractivity (Wildman–Crippen MR) is 157 cm³/mol. The quantitative estimate of drug-likeness (QED) is 0.227. The first-order valence-electron chi connectivity index (χ1n) is 13.8. The topological polar surface area (TPSA) is 115 Å². The highest BCUT2D eigenvalue weighted by molar-refractivity contribution is 6.10. The van der Waals surface area contributed by atoms with Crippen molar-refractivity contribution in [3.8, 4) is 5.69 Å². The minimum absolute atomic E-state index is 0.0745. The molecule has 0 bridgehead atoms. The fraction of sp³-hybridized carbons (Fsp3) is 0.226. The summed E-state index contributed by atoms with van der Waals surface area (Å²) < 4.78 is 22.1. The second-order valence-corrected chi connectivity index (χ2v) is 9.89. The van der Waals surface area contributed by atoms with Crippen molar-refractivity contribution >= 4 is 45.7 Å². The van der Waals surface area contributed by atoms with E-state index in [1.54, 1.807) is 48.5 Å². The Morgan fingerprint density at radius 1 is 1.14 bits per heavy atom. The largest absolute Gasteiger partial charge is 0.463 e. The van der Waals surface area contributed by atoms with Gasteiger partial charge in [-0.3, -0.25) is 9.69 Å². The molecule has 0 unspecified atom stereocenters. The van der Waals surface area contributed by atoms with Gasteiger partial charge in [-0.05, 0) is 79.7 Å². The molecule has 0 saturated carbocycles. The Bertz CT molecular complexity index is 1810. The second-order valence-electron chi connectivity index (χ2n) is 9.89. The SMILES string of the molecule is CCOC(=O)C=Cc1ccc2c(N(C(=O)c3ccc(-n4nnc5cccnc54)cc3F)[C@@H]3CCCNC3)nccc2c1. The molecule has 1 saturated heterocycles. The number of nitrogens with zero attached hydrogens (tertiary/aromatic N) is 6. The molecule has 5 aromatic rings. The van der Waals surface area contributed by atoms with E-state index >= 15 is 4.39 Å². The minimum atomic E-state index is -0.683. The van der Waals surface area contributed by atoms with Crippen molar-refractivity contribution in [2.75, 3.05) is 24.6 Å². The number of esters is 1. The molecule has 6 rings (SSSR count). The lowest BCUT2D eigenvalue weighted by Crippen LogP contribution is -2.49. The number of carbonyl (C=O) groups excluding carboxylic acids is 2. The molecule has 0 radical (unpaired) electrons. The zero-order valence-electron chi connectivity index (χ0n) is 22.9. The van der Waals surface area contributed by atoms with Crippen LogP contribution in [0.15, 0.2) is 73.1 Å². The van der Waals surface area contributed by atoms with E-state index in [0.29, 0.717) is 35.8 Å². The number of piperidine rings is 1. The van der Waals surface area contributed by atoms with Crippen LogP contribution >= 0.6 is 0 Å². The number of fused-ring (bicyclic) bond motifs is 2. The van der Waals surface area contributed by atoms with Crippen LogP contribution in [0.1, 0.15) is 35.7 Å². The number of hydrogen-bond donors (Lipinski definition) is 1. The Hall–Kier alpha value is -5.03. The maximum absolute atomic E-state index is 15.7. The molecule has 0 aliphatic carbocycles. The van der Waals surface area contributed by atoms with Gasteiger partial charge in [-0.15, -0.1) is 5.10 Å². The first kappa shape index (κ1) is 27.2. The maximum Gasteiger partial charge on any atom is 0.330 e. The van der Waals surface area contributed by atoms with Gasteiger partial charge in [0.25, 0.3) is 5.91 Å². The van der Waals surface area contributed by atoms with Crippen molar-refractivity contribution < 1.29 is 18.7 Å². The van der Waals surface area contributed by atoms with Crippen LogP contribution in [0.5, 0.6) is 0 Å². The molecule has 42 heavy (non-hydrogen) atoms. The van der Waals surface area contributed by atoms with E-state index < -0.39 is 17.7 Å². The molecule has 1 atom stereocenters. The van der Waals surface area contributed by atoms with Gasteiger partial charge in [-0.2, -0.15) is 4.68 Å². The fourth-order valence-corrected chi connectivity index (χ4v) is 5.20. The van der Waals surface area contributed by atoms with Gasteiger partial charge in [0.2, 0.25) is 0 Å². The molecule has 212 valence electrons. The van der Waals surface area contributed by atoms with E-state index in [2.05, 4.69) is 25.6 Å². The third kappa shape index (κ3) is 5.34. The number of aromatic nitrogens is 5. The summed E-state index contributed by atoms with van der Waals surface area (Å²) in [5.74, 6) is -1.14. The summed E-state index contributed by atoms with van der Waals surface area (Å²) in [5.41, 5.74) is 2.19. The maximum atomic E-state index is 15.7. The van der Waals surface area contributed by atoms with Gasteiger partial charge in [-0.25, -0.2) is 19.2 Å². The highest BCUT2D eigenvalue weighted by Crippen LogP contribution is 2.31. The zero-order valence-corrected chi connectivity index (χ0v) is 22.9. The Morgan fingerprint density at radius 3 is 2.86 bits per heavy atom. The van der Waals surface area contributed by atoms with E-state index in [9.17, 15) is 9.59 Å². The number of hydrogen-bond acceptors (Lipinski definition) is 8. The molecule has 1 N–H and O–H groups in total. The standard InChI is InChI=1S/C31H28FN7O3/c1-2-42-28(40)12-8-20-7-10-24-21(17-20)13-16-35-29(24)38(23-5-3-14-33-19-23)31(41)25-11-9-22(18-26(25)32)39-30-27(36-37-39)6-4-15-34-30/h4,6-13,15-18,23,33H,2-3,5,14,19H2,1H3/t23-/m1/s1. The van der Waals surface area contributed by atoms with Crippen molar-refractivity contribution in [2.24, 2.45) is 0 Å². The highest BCUT2D eigenvalue weighted by Gasteiger charge is 2.31. The lowest BCUT2D eigenvalue weighted by atomic mass is 10.0. The van der Waals surface area contributed by atoms with Gasteiger partial charge in [0.05, 0.1) is 23.9 Å². The van der Waals surface area contributed by atoms with E-state index in [-0.39, 0.29) is 11.6 Å². The molecule has 0 spiro atoms. The fourth-order valence-electron chi connectivity index (χ4n) is 5.20. The normalized spacial score (nSPS) is 15.3. The summed E-state index contributed by atoms with van der Waals surface area (Å²) in [6.07, 6.45) is 7.92. The number of anilines is 1. The first-order valence-corrected chi connectivity index (χ1v) is 13.8. The van der Waals surface area contributed by atoms with E-state index in [0.717, 1.165) is 35.7 Å². The number of ether oxygens (including phenoxy) is 1. The molecule has 10 nitrogen and oxygen atoms in total. The Balaban J connectivity index is 1.37. The number of amides is 1. The molecular weight excluding hydrogens is 537 g/mol. The number of nitrogens with one attached hydrogen (secondary N) is 1. The van der Waals surface area contributed by atoms with Gasteiger partial charge >= 0.3 is 5.97 Å². The number of halogens is 1. The summed E-state index contributed by atoms with van der Waals surface area (Å²) in [6, 6.07) is 15.1. The predicted octanol–water partition coefficient (Wildman–Crippen LogP) is 4.48. The zero-order chi connectivity index (χ0) is 29.1.